The van der Waals surface area contributed by atoms with E-state index in [1.807, 2.05) is 44.2 Å². The van der Waals surface area contributed by atoms with Gasteiger partial charge in [0.25, 0.3) is 0 Å². The zero-order valence-electron chi connectivity index (χ0n) is 16.6. The van der Waals surface area contributed by atoms with E-state index >= 15 is 0 Å². The summed E-state index contributed by atoms with van der Waals surface area (Å²) >= 11 is 0. The molecule has 0 saturated carbocycles. The first-order valence-electron chi connectivity index (χ1n) is 9.49. The molecule has 0 amide bonds. The number of rotatable bonds is 6. The number of fused-ring (bicyclic) bond motifs is 1. The van der Waals surface area contributed by atoms with Gasteiger partial charge in [-0.1, -0.05) is 24.3 Å². The summed E-state index contributed by atoms with van der Waals surface area (Å²) in [5, 5.41) is 11.4. The largest absolute Gasteiger partial charge is 0.494 e. The van der Waals surface area contributed by atoms with Gasteiger partial charge in [-0.2, -0.15) is 18.4 Å². The maximum atomic E-state index is 12.9. The minimum Gasteiger partial charge on any atom is -0.494 e. The van der Waals surface area contributed by atoms with Crippen LogP contribution in [0.3, 0.4) is 0 Å². The van der Waals surface area contributed by atoms with Gasteiger partial charge in [0.15, 0.2) is 0 Å². The van der Waals surface area contributed by atoms with Crippen LogP contribution in [-0.2, 0) is 6.18 Å². The van der Waals surface area contributed by atoms with E-state index in [4.69, 9.17) is 9.47 Å². The van der Waals surface area contributed by atoms with Crippen LogP contribution in [-0.4, -0.2) is 13.2 Å². The Kier molecular flexibility index (Phi) is 6.31. The molecule has 0 bridgehead atoms. The van der Waals surface area contributed by atoms with Gasteiger partial charge in [-0.05, 0) is 66.6 Å². The van der Waals surface area contributed by atoms with Gasteiger partial charge in [-0.15, -0.1) is 0 Å². The number of halogens is 3. The number of hydrogen-bond acceptors (Lipinski definition) is 3. The van der Waals surface area contributed by atoms with Crippen LogP contribution >= 0.6 is 0 Å². The molecule has 0 aliphatic heterocycles. The van der Waals surface area contributed by atoms with E-state index in [0.717, 1.165) is 22.9 Å². The summed E-state index contributed by atoms with van der Waals surface area (Å²) in [5.41, 5.74) is 0.544. The fourth-order valence-corrected chi connectivity index (χ4v) is 3.15. The number of nitriles is 1. The lowest BCUT2D eigenvalue weighted by molar-refractivity contribution is -0.137. The van der Waals surface area contributed by atoms with Gasteiger partial charge in [-0.25, -0.2) is 0 Å². The molecular weight excluding hydrogens is 391 g/mol. The Hall–Kier alpha value is -3.46. The summed E-state index contributed by atoms with van der Waals surface area (Å²) in [6.45, 7) is 4.69. The number of alkyl halides is 3. The Morgan fingerprint density at radius 2 is 1.63 bits per heavy atom. The second kappa shape index (κ2) is 8.91. The summed E-state index contributed by atoms with van der Waals surface area (Å²) in [5.74, 6) is 1.26. The molecule has 0 radical (unpaired) electrons. The Balaban J connectivity index is 2.16. The Morgan fingerprint density at radius 1 is 0.967 bits per heavy atom. The van der Waals surface area contributed by atoms with Crippen molar-refractivity contribution in [2.45, 2.75) is 20.0 Å². The quantitative estimate of drug-likeness (QED) is 0.334. The number of hydrogen-bond donors (Lipinski definition) is 0. The summed E-state index contributed by atoms with van der Waals surface area (Å²) in [6, 6.07) is 16.0. The highest BCUT2D eigenvalue weighted by atomic mass is 19.4. The van der Waals surface area contributed by atoms with Crippen molar-refractivity contribution in [2.24, 2.45) is 0 Å². The van der Waals surface area contributed by atoms with E-state index in [0.29, 0.717) is 35.8 Å². The highest BCUT2D eigenvalue weighted by Crippen LogP contribution is 2.35. The SMILES string of the molecule is CCOc1ccc2ccc(OCC)c(/C=C(/C#N)c3ccc(C(F)(F)F)cc3)c2c1. The zero-order valence-corrected chi connectivity index (χ0v) is 16.6. The van der Waals surface area contributed by atoms with Crippen molar-refractivity contribution in [3.63, 3.8) is 0 Å². The van der Waals surface area contributed by atoms with E-state index < -0.39 is 11.7 Å². The van der Waals surface area contributed by atoms with Crippen molar-refractivity contribution in [2.75, 3.05) is 13.2 Å². The minimum atomic E-state index is -4.43. The number of allylic oxidation sites excluding steroid dienone is 1. The maximum absolute atomic E-state index is 12.9. The van der Waals surface area contributed by atoms with Gasteiger partial charge in [0.05, 0.1) is 30.4 Å². The zero-order chi connectivity index (χ0) is 21.7. The summed E-state index contributed by atoms with van der Waals surface area (Å²) < 4.78 is 49.9. The van der Waals surface area contributed by atoms with Gasteiger partial charge in [0.2, 0.25) is 0 Å². The van der Waals surface area contributed by atoms with Crippen LogP contribution in [0.4, 0.5) is 13.2 Å². The normalized spacial score (nSPS) is 11.9. The Bertz CT molecular complexity index is 1100. The lowest BCUT2D eigenvalue weighted by Crippen LogP contribution is -2.04. The third-order valence-corrected chi connectivity index (χ3v) is 4.54. The molecule has 154 valence electrons. The Morgan fingerprint density at radius 3 is 2.23 bits per heavy atom. The molecule has 0 fully saturated rings. The van der Waals surface area contributed by atoms with Crippen molar-refractivity contribution >= 4 is 22.4 Å². The first-order chi connectivity index (χ1) is 14.4. The molecule has 3 aromatic carbocycles. The van der Waals surface area contributed by atoms with E-state index in [1.54, 1.807) is 6.08 Å². The minimum absolute atomic E-state index is 0.235. The van der Waals surface area contributed by atoms with Crippen molar-refractivity contribution < 1.29 is 22.6 Å². The second-order valence-electron chi connectivity index (χ2n) is 6.47. The first kappa shape index (κ1) is 21.3. The highest BCUT2D eigenvalue weighted by molar-refractivity contribution is 6.00. The van der Waals surface area contributed by atoms with Crippen LogP contribution in [0.25, 0.3) is 22.4 Å². The molecule has 0 unspecified atom stereocenters. The van der Waals surface area contributed by atoms with Crippen LogP contribution in [0, 0.1) is 11.3 Å². The van der Waals surface area contributed by atoms with Crippen molar-refractivity contribution in [3.8, 4) is 17.6 Å². The average molecular weight is 411 g/mol. The molecule has 6 heteroatoms. The maximum Gasteiger partial charge on any atom is 0.416 e. The van der Waals surface area contributed by atoms with E-state index in [1.165, 1.54) is 12.1 Å². The van der Waals surface area contributed by atoms with Crippen LogP contribution in [0.15, 0.2) is 54.6 Å². The van der Waals surface area contributed by atoms with Gasteiger partial charge in [-0.3, -0.25) is 0 Å². The lowest BCUT2D eigenvalue weighted by atomic mass is 9.98. The number of benzene rings is 3. The van der Waals surface area contributed by atoms with Gasteiger partial charge >= 0.3 is 6.18 Å². The fourth-order valence-electron chi connectivity index (χ4n) is 3.15. The van der Waals surface area contributed by atoms with Crippen molar-refractivity contribution in [3.05, 3.63) is 71.3 Å². The van der Waals surface area contributed by atoms with Crippen molar-refractivity contribution in [1.29, 1.82) is 5.26 Å². The monoisotopic (exact) mass is 411 g/mol. The molecule has 3 nitrogen and oxygen atoms in total. The third-order valence-electron chi connectivity index (χ3n) is 4.54. The number of ether oxygens (including phenoxy) is 2. The molecule has 30 heavy (non-hydrogen) atoms. The summed E-state index contributed by atoms with van der Waals surface area (Å²) in [6.07, 6.45) is -2.78. The standard InChI is InChI=1S/C24H20F3NO2/c1-3-29-20-11-7-17-8-12-23(30-4-2)22(21(17)14-20)13-18(15-28)16-5-9-19(10-6-16)24(25,26)27/h5-14H,3-4H2,1-2H3/b18-13-. The summed E-state index contributed by atoms with van der Waals surface area (Å²) in [7, 11) is 0. The second-order valence-corrected chi connectivity index (χ2v) is 6.47. The fraction of sp³-hybridized carbons (Fsp3) is 0.208. The van der Waals surface area contributed by atoms with Crippen LogP contribution in [0.2, 0.25) is 0 Å². The van der Waals surface area contributed by atoms with Crippen LogP contribution < -0.4 is 9.47 Å². The van der Waals surface area contributed by atoms with E-state index in [9.17, 15) is 18.4 Å². The molecule has 0 aliphatic carbocycles. The molecule has 3 rings (SSSR count). The molecule has 0 aromatic heterocycles. The molecule has 0 saturated heterocycles. The third kappa shape index (κ3) is 4.57. The van der Waals surface area contributed by atoms with Crippen molar-refractivity contribution in [1.82, 2.24) is 0 Å². The predicted molar refractivity (Wildman–Crippen MR) is 111 cm³/mol. The van der Waals surface area contributed by atoms with Gasteiger partial charge in [0, 0.05) is 5.56 Å². The molecular formula is C24H20F3NO2. The molecule has 0 heterocycles. The van der Waals surface area contributed by atoms with Gasteiger partial charge in [0.1, 0.15) is 11.5 Å². The molecule has 0 N–H and O–H groups in total. The van der Waals surface area contributed by atoms with E-state index in [-0.39, 0.29) is 5.57 Å². The average Bonchev–Trinajstić information content (AvgIpc) is 2.73. The number of nitrogens with zero attached hydrogens (tertiary/aromatic N) is 1. The predicted octanol–water partition coefficient (Wildman–Crippen LogP) is 6.72. The van der Waals surface area contributed by atoms with Crippen LogP contribution in [0.1, 0.15) is 30.5 Å². The summed E-state index contributed by atoms with van der Waals surface area (Å²) in [4.78, 5) is 0. The lowest BCUT2D eigenvalue weighted by Gasteiger charge is -2.13. The smallest absolute Gasteiger partial charge is 0.416 e. The van der Waals surface area contributed by atoms with Gasteiger partial charge < -0.3 is 9.47 Å². The topological polar surface area (TPSA) is 42.2 Å². The Labute approximate surface area is 173 Å². The molecule has 3 aromatic rings. The molecule has 0 spiro atoms. The first-order valence-corrected chi connectivity index (χ1v) is 9.49. The molecule has 0 aliphatic rings. The molecule has 0 atom stereocenters. The highest BCUT2D eigenvalue weighted by Gasteiger charge is 2.30. The van der Waals surface area contributed by atoms with E-state index in [2.05, 4.69) is 6.07 Å². The van der Waals surface area contributed by atoms with Crippen LogP contribution in [0.5, 0.6) is 11.5 Å².